The molecule has 1 aliphatic carbocycles. The van der Waals surface area contributed by atoms with Gasteiger partial charge in [-0.3, -0.25) is 0 Å². The van der Waals surface area contributed by atoms with Gasteiger partial charge in [-0.1, -0.05) is 17.7 Å². The minimum atomic E-state index is -3.89. The molecule has 0 N–H and O–H groups in total. The molecule has 0 radical (unpaired) electrons. The molecule has 1 fully saturated rings. The minimum absolute atomic E-state index is 0.0315. The van der Waals surface area contributed by atoms with Crippen LogP contribution in [0.25, 0.3) is 21.5 Å². The van der Waals surface area contributed by atoms with Crippen molar-refractivity contribution >= 4 is 50.1 Å². The third-order valence-electron chi connectivity index (χ3n) is 7.14. The van der Waals surface area contributed by atoms with E-state index in [1.807, 2.05) is 26.8 Å². The monoisotopic (exact) mass is 620 g/mol. The zero-order chi connectivity index (χ0) is 29.6. The molecule has 0 spiro atoms. The van der Waals surface area contributed by atoms with Crippen molar-refractivity contribution in [1.82, 2.24) is 18.8 Å². The number of methoxy groups -OCH3 is 1. The molecule has 0 aromatic carbocycles. The van der Waals surface area contributed by atoms with E-state index in [2.05, 4.69) is 4.98 Å². The maximum atomic E-state index is 13.8. The summed E-state index contributed by atoms with van der Waals surface area (Å²) in [5, 5.41) is 1.74. The predicted octanol–water partition coefficient (Wildman–Crippen LogP) is 5.64. The summed E-state index contributed by atoms with van der Waals surface area (Å²) in [6.07, 6.45) is 10.3. The topological polar surface area (TPSA) is 113 Å². The van der Waals surface area contributed by atoms with Crippen LogP contribution < -0.4 is 0 Å². The number of ether oxygens (including phenoxy) is 3. The Hall–Kier alpha value is -2.77. The fraction of sp³-hybridized carbons (Fsp3) is 0.464. The SMILES string of the molecule is COCOC1(c2ncc(-c3ccnc4c3ccn4S(=O)(=O)C3(C)C=C(Cl)C=CC3)s2)CCN(C(=O)OC(C)(C)C)C1. The highest BCUT2D eigenvalue weighted by atomic mass is 35.5. The number of thiazole rings is 1. The number of nitrogens with zero attached hydrogens (tertiary/aromatic N) is 4. The van der Waals surface area contributed by atoms with Crippen LogP contribution in [-0.2, 0) is 29.8 Å². The maximum absolute atomic E-state index is 13.8. The van der Waals surface area contributed by atoms with Crippen molar-refractivity contribution in [2.75, 3.05) is 27.0 Å². The minimum Gasteiger partial charge on any atom is -0.444 e. The Morgan fingerprint density at radius 1 is 1.24 bits per heavy atom. The van der Waals surface area contributed by atoms with Gasteiger partial charge in [-0.15, -0.1) is 11.3 Å². The van der Waals surface area contributed by atoms with Gasteiger partial charge in [0.05, 0.1) is 11.4 Å². The predicted molar refractivity (Wildman–Crippen MR) is 158 cm³/mol. The van der Waals surface area contributed by atoms with Crippen molar-refractivity contribution in [3.8, 4) is 10.4 Å². The van der Waals surface area contributed by atoms with Crippen LogP contribution in [0, 0.1) is 0 Å². The number of carbonyl (C=O) groups excluding carboxylic acids is 1. The first-order valence-corrected chi connectivity index (χ1v) is 15.8. The van der Waals surface area contributed by atoms with Crippen molar-refractivity contribution in [1.29, 1.82) is 0 Å². The van der Waals surface area contributed by atoms with Crippen molar-refractivity contribution in [3.63, 3.8) is 0 Å². The number of allylic oxidation sites excluding steroid dienone is 3. The highest BCUT2D eigenvalue weighted by Crippen LogP contribution is 2.42. The number of rotatable bonds is 7. The molecule has 5 rings (SSSR count). The summed E-state index contributed by atoms with van der Waals surface area (Å²) in [6.45, 7) is 7.88. The van der Waals surface area contributed by atoms with Gasteiger partial charge in [-0.05, 0) is 58.4 Å². The second-order valence-corrected chi connectivity index (χ2v) is 15.1. The van der Waals surface area contributed by atoms with E-state index in [4.69, 9.17) is 30.8 Å². The highest BCUT2D eigenvalue weighted by Gasteiger charge is 2.46. The molecular formula is C28H33ClN4O6S2. The summed E-state index contributed by atoms with van der Waals surface area (Å²) < 4.78 is 44.5. The van der Waals surface area contributed by atoms with Crippen molar-refractivity contribution in [2.45, 2.75) is 56.5 Å². The van der Waals surface area contributed by atoms with Gasteiger partial charge in [-0.25, -0.2) is 27.2 Å². The molecule has 2 aliphatic rings. The van der Waals surface area contributed by atoms with Crippen LogP contribution in [-0.4, -0.2) is 70.7 Å². The quantitative estimate of drug-likeness (QED) is 0.312. The Morgan fingerprint density at radius 3 is 2.73 bits per heavy atom. The highest BCUT2D eigenvalue weighted by molar-refractivity contribution is 7.91. The zero-order valence-electron chi connectivity index (χ0n) is 23.6. The average Bonchev–Trinajstić information content (AvgIpc) is 3.65. The number of halogens is 1. The number of hydrogen-bond donors (Lipinski definition) is 0. The second kappa shape index (κ2) is 10.8. The Labute approximate surface area is 248 Å². The average molecular weight is 621 g/mol. The smallest absolute Gasteiger partial charge is 0.410 e. The molecular weight excluding hydrogens is 588 g/mol. The number of hydrogen-bond acceptors (Lipinski definition) is 9. The first-order valence-electron chi connectivity index (χ1n) is 13.1. The van der Waals surface area contributed by atoms with Gasteiger partial charge in [-0.2, -0.15) is 0 Å². The fourth-order valence-electron chi connectivity index (χ4n) is 5.03. The normalized spacial score (nSPS) is 23.3. The standard InChI is InChI=1S/C28H33ClN4O6S2/c1-26(2,3)39-25(34)32-14-11-28(17-32,38-18-37-5)24-31-16-22(40-24)20-8-12-30-23-21(20)9-13-33(23)41(35,36)27(4)10-6-7-19(29)15-27/h6-9,12-13,15-16H,10-11,14,17-18H2,1-5H3. The number of amides is 1. The molecule has 4 heterocycles. The molecule has 0 bridgehead atoms. The van der Waals surface area contributed by atoms with Crippen LogP contribution in [0.15, 0.2) is 54.0 Å². The molecule has 1 saturated heterocycles. The number of carbonyl (C=O) groups is 1. The molecule has 2 unspecified atom stereocenters. The van der Waals surface area contributed by atoms with Gasteiger partial charge in [0.2, 0.25) is 10.0 Å². The fourth-order valence-corrected chi connectivity index (χ4v) is 8.17. The number of pyridine rings is 1. The zero-order valence-corrected chi connectivity index (χ0v) is 26.0. The lowest BCUT2D eigenvalue weighted by Gasteiger charge is -2.28. The summed E-state index contributed by atoms with van der Waals surface area (Å²) >= 11 is 7.60. The van der Waals surface area contributed by atoms with Gasteiger partial charge in [0.15, 0.2) is 5.65 Å². The molecule has 3 aromatic heterocycles. The first-order chi connectivity index (χ1) is 19.3. The lowest BCUT2D eigenvalue weighted by Crippen LogP contribution is -2.39. The van der Waals surface area contributed by atoms with E-state index < -0.39 is 32.1 Å². The van der Waals surface area contributed by atoms with Crippen LogP contribution >= 0.6 is 22.9 Å². The van der Waals surface area contributed by atoms with E-state index in [0.717, 1.165) is 10.4 Å². The molecule has 0 saturated carbocycles. The third kappa shape index (κ3) is 5.55. The van der Waals surface area contributed by atoms with Crippen LogP contribution in [0.2, 0.25) is 0 Å². The van der Waals surface area contributed by atoms with Gasteiger partial charge in [0, 0.05) is 54.6 Å². The molecule has 1 aliphatic heterocycles. The molecule has 41 heavy (non-hydrogen) atoms. The summed E-state index contributed by atoms with van der Waals surface area (Å²) in [5.74, 6) is 0. The van der Waals surface area contributed by atoms with Crippen LogP contribution in [0.5, 0.6) is 0 Å². The third-order valence-corrected chi connectivity index (χ3v) is 10.9. The molecule has 10 nitrogen and oxygen atoms in total. The lowest BCUT2D eigenvalue weighted by molar-refractivity contribution is -0.129. The van der Waals surface area contributed by atoms with E-state index in [0.29, 0.717) is 40.5 Å². The largest absolute Gasteiger partial charge is 0.444 e. The van der Waals surface area contributed by atoms with Gasteiger partial charge < -0.3 is 19.1 Å². The number of aromatic nitrogens is 3. The second-order valence-electron chi connectivity index (χ2n) is 11.4. The molecule has 220 valence electrons. The molecule has 3 aromatic rings. The summed E-state index contributed by atoms with van der Waals surface area (Å²) in [6, 6.07) is 3.59. The van der Waals surface area contributed by atoms with E-state index >= 15 is 0 Å². The lowest BCUT2D eigenvalue weighted by atomic mass is 10.0. The Kier molecular flexibility index (Phi) is 7.84. The number of fused-ring (bicyclic) bond motifs is 1. The maximum Gasteiger partial charge on any atom is 0.410 e. The van der Waals surface area contributed by atoms with Crippen molar-refractivity contribution in [2.24, 2.45) is 0 Å². The van der Waals surface area contributed by atoms with E-state index in [-0.39, 0.29) is 13.3 Å². The van der Waals surface area contributed by atoms with Crippen LogP contribution in [0.3, 0.4) is 0 Å². The summed E-state index contributed by atoms with van der Waals surface area (Å²) in [5.41, 5.74) is -0.376. The summed E-state index contributed by atoms with van der Waals surface area (Å²) in [7, 11) is -2.34. The molecule has 2 atom stereocenters. The van der Waals surface area contributed by atoms with E-state index in [9.17, 15) is 13.2 Å². The van der Waals surface area contributed by atoms with Crippen molar-refractivity contribution < 1.29 is 27.4 Å². The molecule has 13 heteroatoms. The van der Waals surface area contributed by atoms with E-state index in [1.54, 1.807) is 55.6 Å². The Bertz CT molecular complexity index is 1640. The Balaban J connectivity index is 1.49. The van der Waals surface area contributed by atoms with E-state index in [1.165, 1.54) is 21.5 Å². The summed E-state index contributed by atoms with van der Waals surface area (Å²) in [4.78, 5) is 24.4. The Morgan fingerprint density at radius 2 is 2.02 bits per heavy atom. The molecule has 1 amide bonds. The van der Waals surface area contributed by atoms with Gasteiger partial charge in [0.25, 0.3) is 0 Å². The number of likely N-dealkylation sites (tertiary alicyclic amines) is 1. The van der Waals surface area contributed by atoms with Gasteiger partial charge >= 0.3 is 6.09 Å². The van der Waals surface area contributed by atoms with Crippen molar-refractivity contribution in [3.05, 3.63) is 59.0 Å². The van der Waals surface area contributed by atoms with Gasteiger partial charge in [0.1, 0.15) is 27.7 Å². The van der Waals surface area contributed by atoms with Crippen LogP contribution in [0.1, 0.15) is 45.5 Å². The van der Waals surface area contributed by atoms with Crippen LogP contribution in [0.4, 0.5) is 4.79 Å². The first kappa shape index (κ1) is 29.7.